The minimum Gasteiger partial charge on any atom is -0.394 e. The van der Waals surface area contributed by atoms with Crippen LogP contribution >= 0.6 is 0 Å². The fraction of sp³-hybridized carbons (Fsp3) is 0.400. The van der Waals surface area contributed by atoms with Crippen LogP contribution in [0.3, 0.4) is 0 Å². The molecule has 0 saturated carbocycles. The molecule has 1 fully saturated rings. The predicted octanol–water partition coefficient (Wildman–Crippen LogP) is -1.26. The van der Waals surface area contributed by atoms with Gasteiger partial charge in [-0.25, -0.2) is 0 Å². The van der Waals surface area contributed by atoms with Crippen molar-refractivity contribution < 1.29 is 25.2 Å². The molecular weight excluding hydrogens is 304 g/mol. The second-order valence-electron chi connectivity index (χ2n) is 5.52. The molecule has 1 aromatic heterocycles. The number of fused-ring (bicyclic) bond motifs is 1. The van der Waals surface area contributed by atoms with Crippen LogP contribution in [-0.4, -0.2) is 62.7 Å². The summed E-state index contributed by atoms with van der Waals surface area (Å²) in [7, 11) is 0. The van der Waals surface area contributed by atoms with Gasteiger partial charge in [-0.2, -0.15) is 0 Å². The van der Waals surface area contributed by atoms with Crippen molar-refractivity contribution in [1.29, 1.82) is 0 Å². The third-order valence-corrected chi connectivity index (χ3v) is 3.96. The summed E-state index contributed by atoms with van der Waals surface area (Å²) in [5.41, 5.74) is 0.884. The highest BCUT2D eigenvalue weighted by Gasteiger charge is 2.43. The van der Waals surface area contributed by atoms with Crippen molar-refractivity contribution in [3.05, 3.63) is 40.7 Å². The number of anilines is 1. The number of aliphatic hydroxyl groups excluding tert-OH is 4. The molecule has 2 heterocycles. The number of benzene rings is 1. The maximum Gasteiger partial charge on any atom is 0.248 e. The molecule has 0 amide bonds. The van der Waals surface area contributed by atoms with Crippen LogP contribution in [-0.2, 0) is 4.74 Å². The number of ether oxygens (including phenoxy) is 1. The first-order valence-electron chi connectivity index (χ1n) is 7.20. The molecule has 1 aromatic carbocycles. The van der Waals surface area contributed by atoms with Crippen LogP contribution in [0, 0.1) is 0 Å². The van der Waals surface area contributed by atoms with Crippen LogP contribution < -0.4 is 10.9 Å². The number of nitrogens with one attached hydrogen (secondary N) is 2. The standard InChI is InChI=1S/C15H18N2O6/c18-6-10-13(20)14(21)12(15(22)23-10)16-8-3-1-7-2-4-11(19)17-9(7)5-8/h1-5,10,12-16,18,20-22H,6H2,(H,17,19)/t10?,12?,13-,14?,15?/m0/s1. The highest BCUT2D eigenvalue weighted by molar-refractivity contribution is 5.81. The number of aromatic nitrogens is 1. The maximum absolute atomic E-state index is 11.4. The van der Waals surface area contributed by atoms with Crippen LogP contribution in [0.1, 0.15) is 0 Å². The molecule has 1 aliphatic rings. The largest absolute Gasteiger partial charge is 0.394 e. The molecule has 124 valence electrons. The molecule has 3 rings (SSSR count). The Bertz CT molecular complexity index is 748. The molecule has 4 unspecified atom stereocenters. The monoisotopic (exact) mass is 322 g/mol. The average molecular weight is 322 g/mol. The zero-order valence-corrected chi connectivity index (χ0v) is 12.1. The fourth-order valence-corrected chi connectivity index (χ4v) is 2.68. The number of pyridine rings is 1. The molecule has 2 aromatic rings. The highest BCUT2D eigenvalue weighted by Crippen LogP contribution is 2.24. The van der Waals surface area contributed by atoms with Crippen LogP contribution in [0.5, 0.6) is 0 Å². The van der Waals surface area contributed by atoms with Crippen molar-refractivity contribution in [2.75, 3.05) is 11.9 Å². The number of hydrogen-bond acceptors (Lipinski definition) is 7. The number of aliphatic hydroxyl groups is 4. The lowest BCUT2D eigenvalue weighted by Gasteiger charge is -2.40. The van der Waals surface area contributed by atoms with E-state index in [0.717, 1.165) is 5.39 Å². The summed E-state index contributed by atoms with van der Waals surface area (Å²) in [5.74, 6) is 0. The molecule has 0 aliphatic carbocycles. The van der Waals surface area contributed by atoms with E-state index in [0.29, 0.717) is 11.2 Å². The van der Waals surface area contributed by atoms with Gasteiger partial charge in [-0.15, -0.1) is 0 Å². The third kappa shape index (κ3) is 3.07. The Kier molecular flexibility index (Phi) is 4.33. The van der Waals surface area contributed by atoms with Crippen LogP contribution in [0.25, 0.3) is 10.9 Å². The van der Waals surface area contributed by atoms with Gasteiger partial charge in [0, 0.05) is 11.8 Å². The molecule has 1 saturated heterocycles. The summed E-state index contributed by atoms with van der Waals surface area (Å²) in [5, 5.41) is 42.7. The topological polar surface area (TPSA) is 135 Å². The molecule has 1 aliphatic heterocycles. The first-order valence-corrected chi connectivity index (χ1v) is 7.20. The summed E-state index contributed by atoms with van der Waals surface area (Å²) < 4.78 is 5.08. The van der Waals surface area contributed by atoms with Gasteiger partial charge in [0.25, 0.3) is 0 Å². The zero-order chi connectivity index (χ0) is 16.6. The summed E-state index contributed by atoms with van der Waals surface area (Å²) in [6.45, 7) is -0.515. The second-order valence-corrected chi connectivity index (χ2v) is 5.52. The van der Waals surface area contributed by atoms with Gasteiger partial charge in [0.1, 0.15) is 24.4 Å². The van der Waals surface area contributed by atoms with Gasteiger partial charge in [0.2, 0.25) is 5.56 Å². The highest BCUT2D eigenvalue weighted by atomic mass is 16.6. The summed E-state index contributed by atoms with van der Waals surface area (Å²) in [6.07, 6.45) is -5.12. The van der Waals surface area contributed by atoms with E-state index in [4.69, 9.17) is 9.84 Å². The van der Waals surface area contributed by atoms with Gasteiger partial charge < -0.3 is 35.5 Å². The lowest BCUT2D eigenvalue weighted by Crippen LogP contribution is -2.61. The van der Waals surface area contributed by atoms with Crippen molar-refractivity contribution in [2.24, 2.45) is 0 Å². The number of H-pyrrole nitrogens is 1. The number of rotatable bonds is 3. The Labute approximate surface area is 131 Å². The van der Waals surface area contributed by atoms with Crippen molar-refractivity contribution in [2.45, 2.75) is 30.6 Å². The SMILES string of the molecule is O=c1ccc2ccc(NC3C(O)OC(CO)[C@H](O)C3O)cc2[nH]1. The molecule has 8 nitrogen and oxygen atoms in total. The van der Waals surface area contributed by atoms with E-state index in [1.807, 2.05) is 0 Å². The lowest BCUT2D eigenvalue weighted by molar-refractivity contribution is -0.245. The Hall–Kier alpha value is -1.97. The van der Waals surface area contributed by atoms with Crippen molar-refractivity contribution >= 4 is 16.6 Å². The fourth-order valence-electron chi connectivity index (χ4n) is 2.68. The summed E-state index contributed by atoms with van der Waals surface area (Å²) in [4.78, 5) is 14.0. The number of hydrogen-bond donors (Lipinski definition) is 6. The van der Waals surface area contributed by atoms with Crippen LogP contribution in [0.15, 0.2) is 35.1 Å². The Morgan fingerprint density at radius 3 is 2.61 bits per heavy atom. The zero-order valence-electron chi connectivity index (χ0n) is 12.1. The first kappa shape index (κ1) is 15.9. The van der Waals surface area contributed by atoms with Crippen LogP contribution in [0.2, 0.25) is 0 Å². The van der Waals surface area contributed by atoms with E-state index in [2.05, 4.69) is 10.3 Å². The molecule has 0 spiro atoms. The molecular formula is C15H18N2O6. The van der Waals surface area contributed by atoms with Crippen molar-refractivity contribution in [1.82, 2.24) is 4.98 Å². The lowest BCUT2D eigenvalue weighted by atomic mass is 9.97. The molecule has 0 bridgehead atoms. The summed E-state index contributed by atoms with van der Waals surface area (Å²) >= 11 is 0. The minimum atomic E-state index is -1.41. The van der Waals surface area contributed by atoms with E-state index in [1.165, 1.54) is 6.07 Å². The predicted molar refractivity (Wildman–Crippen MR) is 82.0 cm³/mol. The Morgan fingerprint density at radius 1 is 1.13 bits per heavy atom. The van der Waals surface area contributed by atoms with Gasteiger partial charge in [-0.3, -0.25) is 4.79 Å². The molecule has 23 heavy (non-hydrogen) atoms. The first-order chi connectivity index (χ1) is 11.0. The Balaban J connectivity index is 1.84. The summed E-state index contributed by atoms with van der Waals surface area (Å²) in [6, 6.07) is 7.25. The van der Waals surface area contributed by atoms with Gasteiger partial charge in [0.05, 0.1) is 12.1 Å². The normalized spacial score (nSPS) is 31.2. The van der Waals surface area contributed by atoms with Gasteiger partial charge >= 0.3 is 0 Å². The molecule has 8 heteroatoms. The number of aromatic amines is 1. The van der Waals surface area contributed by atoms with E-state index in [9.17, 15) is 20.1 Å². The van der Waals surface area contributed by atoms with Gasteiger partial charge in [-0.05, 0) is 23.6 Å². The smallest absolute Gasteiger partial charge is 0.248 e. The molecule has 5 atom stereocenters. The van der Waals surface area contributed by atoms with Crippen LogP contribution in [0.4, 0.5) is 5.69 Å². The average Bonchev–Trinajstić information content (AvgIpc) is 2.54. The maximum atomic E-state index is 11.4. The van der Waals surface area contributed by atoms with E-state index < -0.39 is 37.3 Å². The van der Waals surface area contributed by atoms with E-state index >= 15 is 0 Å². The van der Waals surface area contributed by atoms with Crippen molar-refractivity contribution in [3.8, 4) is 0 Å². The third-order valence-electron chi connectivity index (χ3n) is 3.96. The minimum absolute atomic E-state index is 0.239. The second kappa shape index (κ2) is 6.26. The molecule has 6 N–H and O–H groups in total. The van der Waals surface area contributed by atoms with Gasteiger partial charge in [0.15, 0.2) is 6.29 Å². The molecule has 0 radical (unpaired) electrons. The quantitative estimate of drug-likeness (QED) is 0.415. The Morgan fingerprint density at radius 2 is 1.87 bits per heavy atom. The van der Waals surface area contributed by atoms with E-state index in [-0.39, 0.29) is 5.56 Å². The van der Waals surface area contributed by atoms with E-state index in [1.54, 1.807) is 24.3 Å². The van der Waals surface area contributed by atoms with Crippen molar-refractivity contribution in [3.63, 3.8) is 0 Å². The van der Waals surface area contributed by atoms with Gasteiger partial charge in [-0.1, -0.05) is 6.07 Å².